The van der Waals surface area contributed by atoms with Crippen molar-refractivity contribution >= 4 is 0 Å². The maximum absolute atomic E-state index is 4.22. The molecule has 106 valence electrons. The summed E-state index contributed by atoms with van der Waals surface area (Å²) in [6, 6.07) is 12.4. The van der Waals surface area contributed by atoms with Crippen LogP contribution in [0.3, 0.4) is 0 Å². The zero-order chi connectivity index (χ0) is 14.5. The van der Waals surface area contributed by atoms with E-state index in [-0.39, 0.29) is 0 Å². The molecule has 0 bridgehead atoms. The van der Waals surface area contributed by atoms with Gasteiger partial charge in [0, 0.05) is 37.9 Å². The van der Waals surface area contributed by atoms with Crippen molar-refractivity contribution in [2.24, 2.45) is 0 Å². The quantitative estimate of drug-likeness (QED) is 0.780. The Bertz CT molecular complexity index is 687. The first-order valence-corrected chi connectivity index (χ1v) is 7.02. The number of nitrogens with one attached hydrogen (secondary N) is 1. The molecular weight excluding hydrogens is 260 g/mol. The summed E-state index contributed by atoms with van der Waals surface area (Å²) in [5.41, 5.74) is 4.84. The second kappa shape index (κ2) is 6.33. The minimum atomic E-state index is 0.834. The van der Waals surface area contributed by atoms with E-state index in [4.69, 9.17) is 0 Å². The Balaban J connectivity index is 1.58. The second-order valence-corrected chi connectivity index (χ2v) is 5.02. The number of pyridine rings is 1. The lowest BCUT2D eigenvalue weighted by atomic mass is 10.1. The van der Waals surface area contributed by atoms with Crippen molar-refractivity contribution in [2.75, 3.05) is 0 Å². The number of hydrogen-bond acceptors (Lipinski definition) is 3. The van der Waals surface area contributed by atoms with Gasteiger partial charge >= 0.3 is 0 Å². The van der Waals surface area contributed by atoms with Gasteiger partial charge in [-0.15, -0.1) is 0 Å². The summed E-state index contributed by atoms with van der Waals surface area (Å²) in [4.78, 5) is 4.16. The van der Waals surface area contributed by atoms with Gasteiger partial charge in [0.05, 0.1) is 5.69 Å². The first kappa shape index (κ1) is 13.5. The number of aryl methyl sites for hydroxylation is 1. The molecule has 0 unspecified atom stereocenters. The average Bonchev–Trinajstić information content (AvgIpc) is 3.04. The summed E-state index contributed by atoms with van der Waals surface area (Å²) in [5, 5.41) is 7.67. The van der Waals surface area contributed by atoms with E-state index in [9.17, 15) is 0 Å². The van der Waals surface area contributed by atoms with Crippen LogP contribution in [0.15, 0.2) is 61.2 Å². The lowest BCUT2D eigenvalue weighted by Crippen LogP contribution is -2.13. The molecule has 0 saturated carbocycles. The molecule has 1 aromatic carbocycles. The van der Waals surface area contributed by atoms with Crippen molar-refractivity contribution in [3.05, 3.63) is 77.9 Å². The van der Waals surface area contributed by atoms with Crippen LogP contribution in [0.4, 0.5) is 0 Å². The summed E-state index contributed by atoms with van der Waals surface area (Å²) in [6.45, 7) is 3.78. The molecule has 0 radical (unpaired) electrons. The second-order valence-electron chi connectivity index (χ2n) is 5.02. The van der Waals surface area contributed by atoms with Crippen LogP contribution >= 0.6 is 0 Å². The highest BCUT2D eigenvalue weighted by Gasteiger charge is 1.99. The van der Waals surface area contributed by atoms with Gasteiger partial charge in [0.25, 0.3) is 0 Å². The Morgan fingerprint density at radius 2 is 1.90 bits per heavy atom. The standard InChI is InChI=1S/C17H18N4/c1-14-7-9-18-12-16(14)13-19-11-15-3-5-17(6-4-15)21-10-2-8-20-21/h2-10,12,19H,11,13H2,1H3. The summed E-state index contributed by atoms with van der Waals surface area (Å²) in [5.74, 6) is 0. The molecule has 2 aromatic heterocycles. The summed E-state index contributed by atoms with van der Waals surface area (Å²) >= 11 is 0. The molecule has 3 aromatic rings. The van der Waals surface area contributed by atoms with Gasteiger partial charge in [-0.25, -0.2) is 4.68 Å². The summed E-state index contributed by atoms with van der Waals surface area (Å²) in [6.07, 6.45) is 7.47. The third-order valence-electron chi connectivity index (χ3n) is 3.50. The van der Waals surface area contributed by atoms with Crippen LogP contribution in [0.2, 0.25) is 0 Å². The van der Waals surface area contributed by atoms with E-state index in [1.165, 1.54) is 16.7 Å². The highest BCUT2D eigenvalue weighted by Crippen LogP contribution is 2.09. The fraction of sp³-hybridized carbons (Fsp3) is 0.176. The zero-order valence-corrected chi connectivity index (χ0v) is 12.0. The van der Waals surface area contributed by atoms with Crippen molar-refractivity contribution in [3.63, 3.8) is 0 Å². The van der Waals surface area contributed by atoms with Crippen LogP contribution in [0.25, 0.3) is 5.69 Å². The molecule has 2 heterocycles. The van der Waals surface area contributed by atoms with Crippen molar-refractivity contribution in [3.8, 4) is 5.69 Å². The van der Waals surface area contributed by atoms with Gasteiger partial charge in [0.15, 0.2) is 0 Å². The molecule has 0 saturated heterocycles. The Kier molecular flexibility index (Phi) is 4.07. The Hall–Kier alpha value is -2.46. The highest BCUT2D eigenvalue weighted by atomic mass is 15.3. The van der Waals surface area contributed by atoms with Crippen LogP contribution in [0.1, 0.15) is 16.7 Å². The molecule has 0 atom stereocenters. The van der Waals surface area contributed by atoms with Crippen LogP contribution in [-0.4, -0.2) is 14.8 Å². The molecule has 4 nitrogen and oxygen atoms in total. The molecule has 4 heteroatoms. The third kappa shape index (κ3) is 3.35. The van der Waals surface area contributed by atoms with Crippen molar-refractivity contribution in [2.45, 2.75) is 20.0 Å². The molecule has 0 aliphatic rings. The van der Waals surface area contributed by atoms with E-state index in [1.807, 2.05) is 35.4 Å². The molecule has 3 rings (SSSR count). The normalized spacial score (nSPS) is 10.7. The number of benzene rings is 1. The number of nitrogens with zero attached hydrogens (tertiary/aromatic N) is 3. The molecule has 21 heavy (non-hydrogen) atoms. The van der Waals surface area contributed by atoms with E-state index in [0.29, 0.717) is 0 Å². The molecule has 1 N–H and O–H groups in total. The van der Waals surface area contributed by atoms with Crippen LogP contribution in [0, 0.1) is 6.92 Å². The fourth-order valence-corrected chi connectivity index (χ4v) is 2.21. The fourth-order valence-electron chi connectivity index (χ4n) is 2.21. The lowest BCUT2D eigenvalue weighted by molar-refractivity contribution is 0.688. The van der Waals surface area contributed by atoms with Gasteiger partial charge in [0.1, 0.15) is 0 Å². The zero-order valence-electron chi connectivity index (χ0n) is 12.0. The predicted molar refractivity (Wildman–Crippen MR) is 83.1 cm³/mol. The number of rotatable bonds is 5. The predicted octanol–water partition coefficient (Wildman–Crippen LogP) is 2.87. The van der Waals surface area contributed by atoms with Gasteiger partial charge in [-0.1, -0.05) is 12.1 Å². The number of hydrogen-bond donors (Lipinski definition) is 1. The Labute approximate surface area is 124 Å². The summed E-state index contributed by atoms with van der Waals surface area (Å²) < 4.78 is 1.86. The van der Waals surface area contributed by atoms with Crippen LogP contribution < -0.4 is 5.32 Å². The Morgan fingerprint density at radius 3 is 2.62 bits per heavy atom. The average molecular weight is 278 g/mol. The molecular formula is C17H18N4. The third-order valence-corrected chi connectivity index (χ3v) is 3.50. The molecule has 0 amide bonds. The molecule has 0 aliphatic carbocycles. The maximum Gasteiger partial charge on any atom is 0.0645 e. The molecule has 0 aliphatic heterocycles. The lowest BCUT2D eigenvalue weighted by Gasteiger charge is -2.08. The van der Waals surface area contributed by atoms with Crippen molar-refractivity contribution in [1.29, 1.82) is 0 Å². The van der Waals surface area contributed by atoms with Crippen molar-refractivity contribution < 1.29 is 0 Å². The summed E-state index contributed by atoms with van der Waals surface area (Å²) in [7, 11) is 0. The smallest absolute Gasteiger partial charge is 0.0645 e. The monoisotopic (exact) mass is 278 g/mol. The Morgan fingerprint density at radius 1 is 1.05 bits per heavy atom. The molecule has 0 spiro atoms. The topological polar surface area (TPSA) is 42.7 Å². The van der Waals surface area contributed by atoms with Gasteiger partial charge < -0.3 is 5.32 Å². The van der Waals surface area contributed by atoms with E-state index >= 15 is 0 Å². The molecule has 0 fully saturated rings. The minimum Gasteiger partial charge on any atom is -0.309 e. The van der Waals surface area contributed by atoms with Crippen molar-refractivity contribution in [1.82, 2.24) is 20.1 Å². The van der Waals surface area contributed by atoms with E-state index in [2.05, 4.69) is 46.6 Å². The number of aromatic nitrogens is 3. The van der Waals surface area contributed by atoms with E-state index in [0.717, 1.165) is 18.8 Å². The SMILES string of the molecule is Cc1ccncc1CNCc1ccc(-n2cccn2)cc1. The van der Waals surface area contributed by atoms with E-state index in [1.54, 1.807) is 6.20 Å². The van der Waals surface area contributed by atoms with Crippen LogP contribution in [-0.2, 0) is 13.1 Å². The van der Waals surface area contributed by atoms with Gasteiger partial charge in [-0.05, 0) is 47.9 Å². The maximum atomic E-state index is 4.22. The largest absolute Gasteiger partial charge is 0.309 e. The van der Waals surface area contributed by atoms with Gasteiger partial charge in [0.2, 0.25) is 0 Å². The first-order chi connectivity index (χ1) is 10.3. The van der Waals surface area contributed by atoms with Crippen LogP contribution in [0.5, 0.6) is 0 Å². The highest BCUT2D eigenvalue weighted by molar-refractivity contribution is 5.33. The van der Waals surface area contributed by atoms with E-state index < -0.39 is 0 Å². The minimum absolute atomic E-state index is 0.834. The first-order valence-electron chi connectivity index (χ1n) is 7.02. The van der Waals surface area contributed by atoms with Gasteiger partial charge in [-0.3, -0.25) is 4.98 Å². The van der Waals surface area contributed by atoms with Gasteiger partial charge in [-0.2, -0.15) is 5.10 Å².